The lowest BCUT2D eigenvalue weighted by Crippen LogP contribution is -2.71. The van der Waals surface area contributed by atoms with E-state index >= 15 is 0 Å². The Kier molecular flexibility index (Phi) is 7.45. The van der Waals surface area contributed by atoms with Gasteiger partial charge in [-0.25, -0.2) is 0 Å². The van der Waals surface area contributed by atoms with Gasteiger partial charge in [-0.05, 0) is 38.7 Å². The van der Waals surface area contributed by atoms with Crippen molar-refractivity contribution in [1.82, 2.24) is 15.5 Å². The number of carboxylic acids is 1. The lowest BCUT2D eigenvalue weighted by molar-refractivity contribution is -0.155. The molecule has 2 saturated heterocycles. The van der Waals surface area contributed by atoms with Crippen molar-refractivity contribution in [3.05, 3.63) is 35.9 Å². The third-order valence-corrected chi connectivity index (χ3v) is 7.34. The molecular weight excluding hydrogens is 432 g/mol. The minimum Gasteiger partial charge on any atom is -0.480 e. The molecular formula is C22H30N4O5S. The fraction of sp³-hybridized carbons (Fsp3) is 0.545. The zero-order chi connectivity index (χ0) is 23.5. The second-order valence-electron chi connectivity index (χ2n) is 8.70. The molecule has 2 heterocycles. The average Bonchev–Trinajstić information content (AvgIpc) is 3.00. The largest absolute Gasteiger partial charge is 0.480 e. The van der Waals surface area contributed by atoms with E-state index in [0.717, 1.165) is 5.56 Å². The average molecular weight is 463 g/mol. The molecule has 32 heavy (non-hydrogen) atoms. The number of nitrogens with two attached hydrogens (primary N) is 1. The molecule has 0 unspecified atom stereocenters. The van der Waals surface area contributed by atoms with Crippen LogP contribution in [0, 0.1) is 0 Å². The molecule has 0 aromatic heterocycles. The van der Waals surface area contributed by atoms with Crippen LogP contribution >= 0.6 is 11.8 Å². The molecule has 0 spiro atoms. The van der Waals surface area contributed by atoms with Gasteiger partial charge in [-0.15, -0.1) is 11.8 Å². The number of nitrogens with one attached hydrogen (secondary N) is 2. The van der Waals surface area contributed by atoms with Crippen molar-refractivity contribution in [3.8, 4) is 0 Å². The molecule has 10 heteroatoms. The number of amides is 3. The maximum atomic E-state index is 12.8. The molecule has 2 aliphatic rings. The molecule has 2 fully saturated rings. The van der Waals surface area contributed by atoms with E-state index < -0.39 is 28.8 Å². The van der Waals surface area contributed by atoms with Gasteiger partial charge in [0.2, 0.25) is 17.7 Å². The maximum Gasteiger partial charge on any atom is 0.320 e. The monoisotopic (exact) mass is 462 g/mol. The van der Waals surface area contributed by atoms with Crippen LogP contribution in [-0.4, -0.2) is 68.5 Å². The topological polar surface area (TPSA) is 142 Å². The summed E-state index contributed by atoms with van der Waals surface area (Å²) in [6, 6.07) is 7.15. The first-order valence-electron chi connectivity index (χ1n) is 10.7. The van der Waals surface area contributed by atoms with Crippen LogP contribution in [0.4, 0.5) is 0 Å². The standard InChI is InChI=1S/C22H30N4O5S/c1-22(2)17(18(28)24-11-7-6-10-14(23)21(30)31)26-19(29)16(20(26)32-22)25-15(27)12-13-8-4-3-5-9-13/h3-5,8-9,14,16-17,20H,6-7,10-12,23H2,1-2H3,(H,24,28)(H,25,27)(H,30,31)/t14-,16+,17-,20+/m0/s1. The molecule has 3 rings (SSSR count). The number of β-lactam (4-membered cyclic amide) rings is 1. The Bertz CT molecular complexity index is 878. The van der Waals surface area contributed by atoms with Crippen molar-refractivity contribution in [2.75, 3.05) is 6.54 Å². The summed E-state index contributed by atoms with van der Waals surface area (Å²) in [5.74, 6) is -1.75. The van der Waals surface area contributed by atoms with Gasteiger partial charge >= 0.3 is 5.97 Å². The number of nitrogens with zero attached hydrogens (tertiary/aromatic N) is 1. The Balaban J connectivity index is 1.50. The van der Waals surface area contributed by atoms with Crippen molar-refractivity contribution in [1.29, 1.82) is 0 Å². The third-order valence-electron chi connectivity index (χ3n) is 5.77. The maximum absolute atomic E-state index is 12.8. The van der Waals surface area contributed by atoms with Crippen LogP contribution in [0.25, 0.3) is 0 Å². The zero-order valence-electron chi connectivity index (χ0n) is 18.2. The number of fused-ring (bicyclic) bond motifs is 1. The molecule has 174 valence electrons. The van der Waals surface area contributed by atoms with Gasteiger partial charge in [0.25, 0.3) is 0 Å². The first kappa shape index (κ1) is 24.1. The van der Waals surface area contributed by atoms with Crippen molar-refractivity contribution >= 4 is 35.5 Å². The molecule has 0 saturated carbocycles. The summed E-state index contributed by atoms with van der Waals surface area (Å²) in [6.45, 7) is 4.22. The minimum absolute atomic E-state index is 0.195. The Morgan fingerprint density at radius 3 is 2.56 bits per heavy atom. The fourth-order valence-corrected chi connectivity index (χ4v) is 5.73. The smallest absolute Gasteiger partial charge is 0.320 e. The number of benzene rings is 1. The highest BCUT2D eigenvalue weighted by Gasteiger charge is 2.63. The van der Waals surface area contributed by atoms with Crippen LogP contribution in [0.15, 0.2) is 30.3 Å². The van der Waals surface area contributed by atoms with Crippen molar-refractivity contribution in [3.63, 3.8) is 0 Å². The summed E-state index contributed by atoms with van der Waals surface area (Å²) in [7, 11) is 0. The minimum atomic E-state index is -1.04. The van der Waals surface area contributed by atoms with Gasteiger partial charge in [0.05, 0.1) is 6.42 Å². The van der Waals surface area contributed by atoms with E-state index in [-0.39, 0.29) is 29.5 Å². The molecule has 9 nitrogen and oxygen atoms in total. The van der Waals surface area contributed by atoms with E-state index in [1.165, 1.54) is 11.8 Å². The number of carbonyl (C=O) groups is 4. The summed E-state index contributed by atoms with van der Waals surface area (Å²) in [5, 5.41) is 14.2. The number of unbranched alkanes of at least 4 members (excludes halogenated alkanes) is 1. The predicted octanol–water partition coefficient (Wildman–Crippen LogP) is 0.475. The molecule has 0 bridgehead atoms. The number of hydrogen-bond donors (Lipinski definition) is 4. The van der Waals surface area contributed by atoms with Crippen molar-refractivity contribution in [2.45, 2.75) is 67.8 Å². The van der Waals surface area contributed by atoms with Crippen LogP contribution in [0.5, 0.6) is 0 Å². The Hall–Kier alpha value is -2.59. The second-order valence-corrected chi connectivity index (χ2v) is 10.5. The number of hydrogen-bond acceptors (Lipinski definition) is 6. The molecule has 0 aliphatic carbocycles. The Morgan fingerprint density at radius 1 is 1.22 bits per heavy atom. The highest BCUT2D eigenvalue weighted by molar-refractivity contribution is 8.01. The number of aliphatic carboxylic acids is 1. The van der Waals surface area contributed by atoms with Crippen LogP contribution in [0.3, 0.4) is 0 Å². The quantitative estimate of drug-likeness (QED) is 0.293. The van der Waals surface area contributed by atoms with E-state index in [2.05, 4.69) is 10.6 Å². The van der Waals surface area contributed by atoms with Gasteiger partial charge in [0.1, 0.15) is 23.5 Å². The SMILES string of the molecule is CC1(C)S[C@@H]2[C@H](NC(=O)Cc3ccccc3)C(=O)N2[C@H]1C(=O)NCCCC[C@H](N)C(=O)O. The number of carbonyl (C=O) groups excluding carboxylic acids is 3. The summed E-state index contributed by atoms with van der Waals surface area (Å²) in [4.78, 5) is 50.4. The molecule has 3 amide bonds. The van der Waals surface area contributed by atoms with Crippen LogP contribution < -0.4 is 16.4 Å². The normalized spacial score (nSPS) is 24.3. The highest BCUT2D eigenvalue weighted by Crippen LogP contribution is 2.50. The van der Waals surface area contributed by atoms with Crippen LogP contribution in [0.1, 0.15) is 38.7 Å². The number of rotatable bonds is 10. The van der Waals surface area contributed by atoms with Gasteiger partial charge in [-0.2, -0.15) is 0 Å². The van der Waals surface area contributed by atoms with Crippen LogP contribution in [0.2, 0.25) is 0 Å². The lowest BCUT2D eigenvalue weighted by atomic mass is 9.95. The van der Waals surface area contributed by atoms with E-state index in [1.54, 1.807) is 4.90 Å². The summed E-state index contributed by atoms with van der Waals surface area (Å²) >= 11 is 1.51. The lowest BCUT2D eigenvalue weighted by Gasteiger charge is -2.44. The molecule has 1 aromatic rings. The molecule has 1 aromatic carbocycles. The summed E-state index contributed by atoms with van der Waals surface area (Å²) < 4.78 is -0.505. The van der Waals surface area contributed by atoms with Gasteiger partial charge in [-0.1, -0.05) is 30.3 Å². The third kappa shape index (κ3) is 5.24. The fourth-order valence-electron chi connectivity index (χ4n) is 4.10. The van der Waals surface area contributed by atoms with Crippen LogP contribution in [-0.2, 0) is 25.6 Å². The van der Waals surface area contributed by atoms with E-state index in [4.69, 9.17) is 10.8 Å². The first-order chi connectivity index (χ1) is 15.1. The van der Waals surface area contributed by atoms with Gasteiger partial charge in [0, 0.05) is 11.3 Å². The van der Waals surface area contributed by atoms with Gasteiger partial charge in [-0.3, -0.25) is 19.2 Å². The number of thioether (sulfide) groups is 1. The van der Waals surface area contributed by atoms with Gasteiger partial charge < -0.3 is 26.4 Å². The predicted molar refractivity (Wildman–Crippen MR) is 121 cm³/mol. The second kappa shape index (κ2) is 9.91. The Morgan fingerprint density at radius 2 is 1.91 bits per heavy atom. The van der Waals surface area contributed by atoms with E-state index in [0.29, 0.717) is 25.8 Å². The zero-order valence-corrected chi connectivity index (χ0v) is 19.1. The molecule has 2 aliphatic heterocycles. The molecule has 0 radical (unpaired) electrons. The van der Waals surface area contributed by atoms with E-state index in [9.17, 15) is 19.2 Å². The number of carboxylic acid groups (broad SMARTS) is 1. The Labute approximate surface area is 191 Å². The van der Waals surface area contributed by atoms with Crippen molar-refractivity contribution < 1.29 is 24.3 Å². The summed E-state index contributed by atoms with van der Waals surface area (Å²) in [5.41, 5.74) is 6.35. The van der Waals surface area contributed by atoms with E-state index in [1.807, 2.05) is 44.2 Å². The van der Waals surface area contributed by atoms with Gasteiger partial charge in [0.15, 0.2) is 0 Å². The molecule has 5 N–H and O–H groups in total. The molecule has 4 atom stereocenters. The van der Waals surface area contributed by atoms with Crippen molar-refractivity contribution in [2.24, 2.45) is 5.73 Å². The highest BCUT2D eigenvalue weighted by atomic mass is 32.2. The first-order valence-corrected chi connectivity index (χ1v) is 11.6. The summed E-state index contributed by atoms with van der Waals surface area (Å²) in [6.07, 6.45) is 1.72.